The number of nitrogens with zero attached hydrogens (tertiary/aromatic N) is 2. The quantitative estimate of drug-likeness (QED) is 0.655. The molecule has 1 aromatic rings. The molecule has 0 atom stereocenters. The number of hydrogen-bond donors (Lipinski definition) is 0. The molecule has 0 bridgehead atoms. The van der Waals surface area contributed by atoms with Gasteiger partial charge in [0.05, 0.1) is 12.7 Å². The molecule has 0 N–H and O–H groups in total. The van der Waals surface area contributed by atoms with Crippen LogP contribution in [-0.2, 0) is 9.53 Å². The first kappa shape index (κ1) is 20.1. The molecule has 0 saturated carbocycles. The van der Waals surface area contributed by atoms with Gasteiger partial charge in [-0.15, -0.1) is 0 Å². The van der Waals surface area contributed by atoms with Gasteiger partial charge in [0.2, 0.25) is 5.91 Å². The van der Waals surface area contributed by atoms with Crippen molar-refractivity contribution in [3.63, 3.8) is 0 Å². The predicted molar refractivity (Wildman–Crippen MR) is 106 cm³/mol. The summed E-state index contributed by atoms with van der Waals surface area (Å²) in [5.74, 6) is 0.894. The summed E-state index contributed by atoms with van der Waals surface area (Å²) in [6, 6.07) is 5.62. The highest BCUT2D eigenvalue weighted by molar-refractivity contribution is 9.10. The van der Waals surface area contributed by atoms with Gasteiger partial charge in [0.1, 0.15) is 5.75 Å². The average molecular weight is 439 g/mol. The Balaban J connectivity index is 1.72. The number of methoxy groups -OCH3 is 1. The maximum Gasteiger partial charge on any atom is 0.255 e. The van der Waals surface area contributed by atoms with Gasteiger partial charge in [0, 0.05) is 49.8 Å². The van der Waals surface area contributed by atoms with E-state index in [1.807, 2.05) is 21.9 Å². The van der Waals surface area contributed by atoms with Crippen LogP contribution in [0, 0.1) is 0 Å². The topological polar surface area (TPSA) is 59.1 Å². The number of rotatable bonds is 7. The summed E-state index contributed by atoms with van der Waals surface area (Å²) in [4.78, 5) is 29.0. The van der Waals surface area contributed by atoms with E-state index in [-0.39, 0.29) is 17.9 Å². The molecular weight excluding hydrogens is 412 g/mol. The smallest absolute Gasteiger partial charge is 0.255 e. The molecule has 2 amide bonds. The van der Waals surface area contributed by atoms with Crippen molar-refractivity contribution in [1.29, 1.82) is 0 Å². The zero-order valence-corrected chi connectivity index (χ0v) is 17.4. The minimum atomic E-state index is 0.000392. The third-order valence-electron chi connectivity index (χ3n) is 5.29. The Kier molecular flexibility index (Phi) is 7.13. The molecule has 2 fully saturated rings. The van der Waals surface area contributed by atoms with Crippen molar-refractivity contribution < 1.29 is 19.1 Å². The van der Waals surface area contributed by atoms with Crippen LogP contribution in [0.1, 0.15) is 42.5 Å². The molecule has 27 heavy (non-hydrogen) atoms. The molecule has 0 radical (unpaired) electrons. The molecule has 2 heterocycles. The molecular formula is C20H27BrN2O4. The standard InChI is InChI=1S/C20H27BrN2O4/c1-26-16-5-6-18(21)17(14-16)20(25)23(15-7-12-27-13-8-15)11-3-10-22-9-2-4-19(22)24/h5-6,14-15H,2-4,7-13H2,1H3. The molecule has 7 heteroatoms. The summed E-state index contributed by atoms with van der Waals surface area (Å²) in [7, 11) is 1.60. The Bertz CT molecular complexity index is 676. The molecule has 2 saturated heterocycles. The summed E-state index contributed by atoms with van der Waals surface area (Å²) in [5.41, 5.74) is 0.609. The molecule has 2 aliphatic rings. The Morgan fingerprint density at radius 2 is 2.15 bits per heavy atom. The Morgan fingerprint density at radius 1 is 1.37 bits per heavy atom. The van der Waals surface area contributed by atoms with E-state index in [2.05, 4.69) is 15.9 Å². The van der Waals surface area contributed by atoms with E-state index in [9.17, 15) is 9.59 Å². The van der Waals surface area contributed by atoms with Gasteiger partial charge >= 0.3 is 0 Å². The first-order valence-electron chi connectivity index (χ1n) is 9.60. The second-order valence-electron chi connectivity index (χ2n) is 7.03. The van der Waals surface area contributed by atoms with Crippen molar-refractivity contribution in [1.82, 2.24) is 9.80 Å². The van der Waals surface area contributed by atoms with Crippen molar-refractivity contribution in [3.05, 3.63) is 28.2 Å². The lowest BCUT2D eigenvalue weighted by molar-refractivity contribution is -0.127. The molecule has 0 aromatic heterocycles. The van der Waals surface area contributed by atoms with Crippen molar-refractivity contribution >= 4 is 27.7 Å². The van der Waals surface area contributed by atoms with Crippen molar-refractivity contribution in [3.8, 4) is 5.75 Å². The third kappa shape index (κ3) is 5.02. The van der Waals surface area contributed by atoms with Crippen LogP contribution in [0.4, 0.5) is 0 Å². The SMILES string of the molecule is COc1ccc(Br)c(C(=O)N(CCCN2CCCC2=O)C2CCOCC2)c1. The fourth-order valence-corrected chi connectivity index (χ4v) is 4.19. The van der Waals surface area contributed by atoms with Crippen LogP contribution in [0.5, 0.6) is 5.75 Å². The lowest BCUT2D eigenvalue weighted by Crippen LogP contribution is -2.45. The molecule has 148 valence electrons. The number of halogens is 1. The van der Waals surface area contributed by atoms with Gasteiger partial charge in [-0.1, -0.05) is 0 Å². The van der Waals surface area contributed by atoms with Gasteiger partial charge in [-0.25, -0.2) is 0 Å². The second-order valence-corrected chi connectivity index (χ2v) is 7.88. The zero-order chi connectivity index (χ0) is 19.2. The first-order chi connectivity index (χ1) is 13.1. The van der Waals surface area contributed by atoms with E-state index in [0.29, 0.717) is 44.0 Å². The third-order valence-corrected chi connectivity index (χ3v) is 5.99. The van der Waals surface area contributed by atoms with Crippen LogP contribution in [0.15, 0.2) is 22.7 Å². The highest BCUT2D eigenvalue weighted by Crippen LogP contribution is 2.26. The van der Waals surface area contributed by atoms with Gasteiger partial charge < -0.3 is 19.3 Å². The number of likely N-dealkylation sites (tertiary alicyclic amines) is 1. The largest absolute Gasteiger partial charge is 0.497 e. The number of benzene rings is 1. The van der Waals surface area contributed by atoms with Gasteiger partial charge in [-0.05, 0) is 59.8 Å². The second kappa shape index (κ2) is 9.55. The van der Waals surface area contributed by atoms with Crippen molar-refractivity contribution in [2.45, 2.75) is 38.1 Å². The highest BCUT2D eigenvalue weighted by Gasteiger charge is 2.28. The molecule has 6 nitrogen and oxygen atoms in total. The van der Waals surface area contributed by atoms with Crippen molar-refractivity contribution in [2.24, 2.45) is 0 Å². The number of carbonyl (C=O) groups excluding carboxylic acids is 2. The van der Waals surface area contributed by atoms with Gasteiger partial charge in [-0.2, -0.15) is 0 Å². The fraction of sp³-hybridized carbons (Fsp3) is 0.600. The number of ether oxygens (including phenoxy) is 2. The minimum absolute atomic E-state index is 0.000392. The number of amides is 2. The van der Waals surface area contributed by atoms with Gasteiger partial charge in [0.15, 0.2) is 0 Å². The lowest BCUT2D eigenvalue weighted by atomic mass is 10.0. The molecule has 0 spiro atoms. The van der Waals surface area contributed by atoms with E-state index < -0.39 is 0 Å². The molecule has 0 aliphatic carbocycles. The van der Waals surface area contributed by atoms with Crippen LogP contribution in [0.3, 0.4) is 0 Å². The van der Waals surface area contributed by atoms with Crippen LogP contribution < -0.4 is 4.74 Å². The van der Waals surface area contributed by atoms with E-state index in [1.54, 1.807) is 13.2 Å². The van der Waals surface area contributed by atoms with E-state index in [4.69, 9.17) is 9.47 Å². The zero-order valence-electron chi connectivity index (χ0n) is 15.8. The van der Waals surface area contributed by atoms with Crippen LogP contribution in [-0.4, -0.2) is 67.6 Å². The Morgan fingerprint density at radius 3 is 2.81 bits per heavy atom. The van der Waals surface area contributed by atoms with E-state index in [1.165, 1.54) is 0 Å². The van der Waals surface area contributed by atoms with Gasteiger partial charge in [-0.3, -0.25) is 9.59 Å². The van der Waals surface area contributed by atoms with Crippen molar-refractivity contribution in [2.75, 3.05) is 40.0 Å². The van der Waals surface area contributed by atoms with Crippen LogP contribution >= 0.6 is 15.9 Å². The van der Waals surface area contributed by atoms with E-state index >= 15 is 0 Å². The summed E-state index contributed by atoms with van der Waals surface area (Å²) < 4.78 is 11.5. The number of carbonyl (C=O) groups is 2. The van der Waals surface area contributed by atoms with Crippen LogP contribution in [0.2, 0.25) is 0 Å². The summed E-state index contributed by atoms with van der Waals surface area (Å²) in [6.45, 7) is 3.55. The Labute approximate surface area is 168 Å². The average Bonchev–Trinajstić information content (AvgIpc) is 3.10. The van der Waals surface area contributed by atoms with Crippen LogP contribution in [0.25, 0.3) is 0 Å². The summed E-state index contributed by atoms with van der Waals surface area (Å²) in [6.07, 6.45) is 4.07. The van der Waals surface area contributed by atoms with Gasteiger partial charge in [0.25, 0.3) is 5.91 Å². The normalized spacial score (nSPS) is 18.0. The predicted octanol–water partition coefficient (Wildman–Crippen LogP) is 3.09. The highest BCUT2D eigenvalue weighted by atomic mass is 79.9. The lowest BCUT2D eigenvalue weighted by Gasteiger charge is -2.35. The maximum absolute atomic E-state index is 13.3. The first-order valence-corrected chi connectivity index (χ1v) is 10.4. The summed E-state index contributed by atoms with van der Waals surface area (Å²) in [5, 5.41) is 0. The summed E-state index contributed by atoms with van der Waals surface area (Å²) >= 11 is 3.50. The molecule has 0 unspecified atom stereocenters. The molecule has 2 aliphatic heterocycles. The molecule has 3 rings (SSSR count). The van der Waals surface area contributed by atoms with E-state index in [0.717, 1.165) is 36.7 Å². The number of hydrogen-bond acceptors (Lipinski definition) is 4. The monoisotopic (exact) mass is 438 g/mol. The molecule has 1 aromatic carbocycles. The Hall–Kier alpha value is -1.60. The minimum Gasteiger partial charge on any atom is -0.497 e. The fourth-order valence-electron chi connectivity index (χ4n) is 3.77. The maximum atomic E-state index is 13.3.